The van der Waals surface area contributed by atoms with Gasteiger partial charge in [0.15, 0.2) is 0 Å². The quantitative estimate of drug-likeness (QED) is 0.790. The molecule has 0 aliphatic rings. The second-order valence-corrected chi connectivity index (χ2v) is 6.77. The van der Waals surface area contributed by atoms with E-state index in [1.54, 1.807) is 6.20 Å². The summed E-state index contributed by atoms with van der Waals surface area (Å²) in [5.74, 6) is 1.09. The maximum atomic E-state index is 12.1. The van der Waals surface area contributed by atoms with Crippen molar-refractivity contribution in [1.82, 2.24) is 9.78 Å². The van der Waals surface area contributed by atoms with Crippen molar-refractivity contribution in [2.45, 2.75) is 44.6 Å². The molecular weight excluding hydrogens is 272 g/mol. The van der Waals surface area contributed by atoms with Crippen LogP contribution >= 0.6 is 11.8 Å². The number of benzene rings is 1. The van der Waals surface area contributed by atoms with Crippen LogP contribution in [-0.2, 0) is 4.74 Å². The molecule has 2 rings (SSSR count). The number of nitrogens with zero attached hydrogens (tertiary/aromatic N) is 2. The largest absolute Gasteiger partial charge is 0.442 e. The van der Waals surface area contributed by atoms with Gasteiger partial charge in [-0.1, -0.05) is 6.92 Å². The van der Waals surface area contributed by atoms with E-state index in [1.807, 2.05) is 44.7 Å². The van der Waals surface area contributed by atoms with Crippen molar-refractivity contribution in [2.75, 3.05) is 5.75 Å². The standard InChI is InChI=1S/C15H20N2O2S/c1-5-8-20-12-6-7-13-11(9-12)10-16-17(13)14(18)19-15(2,3)4/h6-7,9-10H,5,8H2,1-4H3. The van der Waals surface area contributed by atoms with Gasteiger partial charge < -0.3 is 4.74 Å². The highest BCUT2D eigenvalue weighted by Crippen LogP contribution is 2.24. The van der Waals surface area contributed by atoms with E-state index in [1.165, 1.54) is 9.58 Å². The number of thioether (sulfide) groups is 1. The van der Waals surface area contributed by atoms with Gasteiger partial charge >= 0.3 is 6.09 Å². The molecule has 5 heteroatoms. The lowest BCUT2D eigenvalue weighted by atomic mass is 10.2. The van der Waals surface area contributed by atoms with Gasteiger partial charge in [-0.3, -0.25) is 0 Å². The van der Waals surface area contributed by atoms with Gasteiger partial charge in [-0.25, -0.2) is 4.79 Å². The number of aromatic nitrogens is 2. The maximum Gasteiger partial charge on any atom is 0.435 e. The summed E-state index contributed by atoms with van der Waals surface area (Å²) in [6.45, 7) is 7.69. The molecule has 0 spiro atoms. The zero-order chi connectivity index (χ0) is 14.8. The van der Waals surface area contributed by atoms with E-state index in [0.717, 1.165) is 23.1 Å². The number of rotatable bonds is 3. The van der Waals surface area contributed by atoms with Crippen molar-refractivity contribution in [3.05, 3.63) is 24.4 Å². The molecular formula is C15H20N2O2S. The van der Waals surface area contributed by atoms with Gasteiger partial charge in [0.2, 0.25) is 0 Å². The van der Waals surface area contributed by atoms with Crippen LogP contribution in [0.5, 0.6) is 0 Å². The Morgan fingerprint density at radius 1 is 1.40 bits per heavy atom. The first-order valence-electron chi connectivity index (χ1n) is 6.74. The number of fused-ring (bicyclic) bond motifs is 1. The lowest BCUT2D eigenvalue weighted by Crippen LogP contribution is -2.27. The van der Waals surface area contributed by atoms with Crippen LogP contribution < -0.4 is 0 Å². The van der Waals surface area contributed by atoms with Gasteiger partial charge in [0.25, 0.3) is 0 Å². The Labute approximate surface area is 123 Å². The molecule has 0 atom stereocenters. The Balaban J connectivity index is 2.26. The molecule has 20 heavy (non-hydrogen) atoms. The van der Waals surface area contributed by atoms with Gasteiger partial charge in [-0.2, -0.15) is 9.78 Å². The van der Waals surface area contributed by atoms with E-state index in [0.29, 0.717) is 0 Å². The predicted octanol–water partition coefficient (Wildman–Crippen LogP) is 4.32. The first-order valence-corrected chi connectivity index (χ1v) is 7.73. The third-order valence-electron chi connectivity index (χ3n) is 2.58. The fourth-order valence-corrected chi connectivity index (χ4v) is 2.59. The molecule has 4 nitrogen and oxygen atoms in total. The number of ether oxygens (including phenoxy) is 1. The third-order valence-corrected chi connectivity index (χ3v) is 3.78. The van der Waals surface area contributed by atoms with Crippen LogP contribution in [0.3, 0.4) is 0 Å². The predicted molar refractivity (Wildman–Crippen MR) is 82.4 cm³/mol. The van der Waals surface area contributed by atoms with Gasteiger partial charge in [0, 0.05) is 10.3 Å². The third kappa shape index (κ3) is 3.54. The Kier molecular flexibility index (Phi) is 4.38. The minimum absolute atomic E-state index is 0.443. The van der Waals surface area contributed by atoms with Crippen LogP contribution in [0.2, 0.25) is 0 Å². The van der Waals surface area contributed by atoms with E-state index in [2.05, 4.69) is 18.1 Å². The summed E-state index contributed by atoms with van der Waals surface area (Å²) in [7, 11) is 0. The molecule has 1 aromatic heterocycles. The van der Waals surface area contributed by atoms with Crippen LogP contribution in [0.25, 0.3) is 10.9 Å². The molecule has 0 N–H and O–H groups in total. The van der Waals surface area contributed by atoms with Crippen LogP contribution in [0.15, 0.2) is 29.3 Å². The monoisotopic (exact) mass is 292 g/mol. The second-order valence-electron chi connectivity index (χ2n) is 5.61. The van der Waals surface area contributed by atoms with Crippen molar-refractivity contribution < 1.29 is 9.53 Å². The van der Waals surface area contributed by atoms with Gasteiger partial charge in [0.05, 0.1) is 11.7 Å². The zero-order valence-corrected chi connectivity index (χ0v) is 13.2. The number of hydrogen-bond acceptors (Lipinski definition) is 4. The molecule has 0 amide bonds. The summed E-state index contributed by atoms with van der Waals surface area (Å²) in [6, 6.07) is 6.00. The van der Waals surface area contributed by atoms with E-state index in [-0.39, 0.29) is 0 Å². The normalized spacial score (nSPS) is 11.8. The van der Waals surface area contributed by atoms with Crippen molar-refractivity contribution in [3.63, 3.8) is 0 Å². The number of carbonyl (C=O) groups excluding carboxylic acids is 1. The molecule has 108 valence electrons. The molecule has 1 aromatic carbocycles. The topological polar surface area (TPSA) is 44.1 Å². The molecule has 0 aliphatic heterocycles. The number of carbonyl (C=O) groups is 1. The summed E-state index contributed by atoms with van der Waals surface area (Å²) in [4.78, 5) is 13.3. The van der Waals surface area contributed by atoms with Gasteiger partial charge in [-0.15, -0.1) is 11.8 Å². The molecule has 0 radical (unpaired) electrons. The fraction of sp³-hybridized carbons (Fsp3) is 0.467. The van der Waals surface area contributed by atoms with E-state index in [9.17, 15) is 4.79 Å². The summed E-state index contributed by atoms with van der Waals surface area (Å²) in [6.07, 6.45) is 2.40. The summed E-state index contributed by atoms with van der Waals surface area (Å²) in [5.41, 5.74) is 0.256. The smallest absolute Gasteiger partial charge is 0.435 e. The average Bonchev–Trinajstić information content (AvgIpc) is 2.77. The Bertz CT molecular complexity index is 614. The molecule has 0 saturated carbocycles. The second kappa shape index (κ2) is 5.87. The molecule has 0 saturated heterocycles. The van der Waals surface area contributed by atoms with Gasteiger partial charge in [-0.05, 0) is 51.1 Å². The minimum Gasteiger partial charge on any atom is -0.442 e. The van der Waals surface area contributed by atoms with E-state index in [4.69, 9.17) is 4.74 Å². The van der Waals surface area contributed by atoms with Crippen molar-refractivity contribution in [3.8, 4) is 0 Å². The highest BCUT2D eigenvalue weighted by Gasteiger charge is 2.19. The van der Waals surface area contributed by atoms with Crippen LogP contribution in [-0.4, -0.2) is 27.2 Å². The molecule has 2 aromatic rings. The van der Waals surface area contributed by atoms with E-state index >= 15 is 0 Å². The fourth-order valence-electron chi connectivity index (χ4n) is 1.77. The minimum atomic E-state index is -0.522. The maximum absolute atomic E-state index is 12.1. The summed E-state index contributed by atoms with van der Waals surface area (Å²) < 4.78 is 6.66. The summed E-state index contributed by atoms with van der Waals surface area (Å²) >= 11 is 1.81. The lowest BCUT2D eigenvalue weighted by Gasteiger charge is -2.19. The SMILES string of the molecule is CCCSc1ccc2c(cnn2C(=O)OC(C)(C)C)c1. The lowest BCUT2D eigenvalue weighted by molar-refractivity contribution is 0.0523. The van der Waals surface area contributed by atoms with E-state index < -0.39 is 11.7 Å². The Morgan fingerprint density at radius 3 is 2.80 bits per heavy atom. The Morgan fingerprint density at radius 2 is 2.15 bits per heavy atom. The van der Waals surface area contributed by atoms with Crippen LogP contribution in [0.4, 0.5) is 4.79 Å². The molecule has 0 aliphatic carbocycles. The van der Waals surface area contributed by atoms with Gasteiger partial charge in [0.1, 0.15) is 5.60 Å². The summed E-state index contributed by atoms with van der Waals surface area (Å²) in [5, 5.41) is 5.09. The van der Waals surface area contributed by atoms with Crippen molar-refractivity contribution >= 4 is 28.8 Å². The Hall–Kier alpha value is -1.49. The van der Waals surface area contributed by atoms with Crippen molar-refractivity contribution in [2.24, 2.45) is 0 Å². The average molecular weight is 292 g/mol. The highest BCUT2D eigenvalue weighted by molar-refractivity contribution is 7.99. The number of hydrogen-bond donors (Lipinski definition) is 0. The molecule has 1 heterocycles. The molecule has 0 bridgehead atoms. The zero-order valence-electron chi connectivity index (χ0n) is 12.3. The van der Waals surface area contributed by atoms with Crippen LogP contribution in [0, 0.1) is 0 Å². The van der Waals surface area contributed by atoms with Crippen LogP contribution in [0.1, 0.15) is 34.1 Å². The molecule has 0 fully saturated rings. The first-order chi connectivity index (χ1) is 9.40. The highest BCUT2D eigenvalue weighted by atomic mass is 32.2. The van der Waals surface area contributed by atoms with Crippen molar-refractivity contribution in [1.29, 1.82) is 0 Å². The first kappa shape index (κ1) is 14.9. The molecule has 0 unspecified atom stereocenters.